The summed E-state index contributed by atoms with van der Waals surface area (Å²) in [5.41, 5.74) is 9.56. The number of rotatable bonds is 3. The van der Waals surface area contributed by atoms with Crippen molar-refractivity contribution in [2.75, 3.05) is 12.8 Å². The number of allylic oxidation sites excluding steroid dienone is 2. The van der Waals surface area contributed by atoms with Crippen molar-refractivity contribution in [2.45, 2.75) is 6.92 Å². The van der Waals surface area contributed by atoms with E-state index in [4.69, 9.17) is 11.6 Å². The zero-order valence-corrected chi connectivity index (χ0v) is 9.20. The van der Waals surface area contributed by atoms with Crippen LogP contribution in [0.15, 0.2) is 37.1 Å². The molecule has 1 aromatic rings. The molecule has 15 heavy (non-hydrogen) atoms. The van der Waals surface area contributed by atoms with Crippen molar-refractivity contribution in [1.82, 2.24) is 5.01 Å². The average Bonchev–Trinajstić information content (AvgIpc) is 2.18. The van der Waals surface area contributed by atoms with Crippen molar-refractivity contribution >= 4 is 11.3 Å². The summed E-state index contributed by atoms with van der Waals surface area (Å²) in [5, 5.41) is 1.47. The third-order valence-corrected chi connectivity index (χ3v) is 2.07. The highest BCUT2D eigenvalue weighted by Crippen LogP contribution is 2.22. The van der Waals surface area contributed by atoms with Gasteiger partial charge in [0, 0.05) is 24.5 Å². The summed E-state index contributed by atoms with van der Waals surface area (Å²) < 4.78 is 0. The third-order valence-electron chi connectivity index (χ3n) is 2.07. The maximum Gasteiger partial charge on any atom is 0.0393 e. The molecular weight excluding hydrogens is 186 g/mol. The summed E-state index contributed by atoms with van der Waals surface area (Å²) in [5.74, 6) is 5.46. The summed E-state index contributed by atoms with van der Waals surface area (Å²) in [6.45, 7) is 5.97. The molecule has 0 fully saturated rings. The van der Waals surface area contributed by atoms with Crippen LogP contribution >= 0.6 is 0 Å². The van der Waals surface area contributed by atoms with Gasteiger partial charge in [-0.2, -0.15) is 0 Å². The van der Waals surface area contributed by atoms with Gasteiger partial charge in [0.15, 0.2) is 0 Å². The smallest absolute Gasteiger partial charge is 0.0393 e. The van der Waals surface area contributed by atoms with Gasteiger partial charge >= 0.3 is 0 Å². The quantitative estimate of drug-likeness (QED) is 0.341. The average molecular weight is 203 g/mol. The zero-order valence-electron chi connectivity index (χ0n) is 9.20. The number of hydrogen-bond acceptors (Lipinski definition) is 3. The number of nitrogens with zero attached hydrogens (tertiary/aromatic N) is 1. The molecule has 0 heterocycles. The lowest BCUT2D eigenvalue weighted by atomic mass is 10.0. The van der Waals surface area contributed by atoms with Gasteiger partial charge in [-0.3, -0.25) is 0 Å². The van der Waals surface area contributed by atoms with Gasteiger partial charge in [-0.15, -0.1) is 0 Å². The Bertz CT molecular complexity index is 392. The van der Waals surface area contributed by atoms with E-state index in [-0.39, 0.29) is 0 Å². The van der Waals surface area contributed by atoms with E-state index >= 15 is 0 Å². The highest BCUT2D eigenvalue weighted by molar-refractivity contribution is 5.79. The molecule has 0 atom stereocenters. The second-order valence-corrected chi connectivity index (χ2v) is 3.60. The predicted octanol–water partition coefficient (Wildman–Crippen LogP) is 1.91. The molecule has 1 rings (SSSR count). The van der Waals surface area contributed by atoms with Crippen LogP contribution in [0.5, 0.6) is 0 Å². The molecule has 0 spiro atoms. The number of hydrazine groups is 1. The standard InChI is InChI=1S/C12H17N3/c1-9-4-5-12(13)11(8-9)10(2)6-7-15(3)14/h4-8H,2,13-14H2,1,3H3/b7-6-. The van der Waals surface area contributed by atoms with Gasteiger partial charge in [0.05, 0.1) is 0 Å². The largest absolute Gasteiger partial charge is 0.398 e. The molecule has 0 saturated heterocycles. The van der Waals surface area contributed by atoms with E-state index in [9.17, 15) is 0 Å². The first-order chi connectivity index (χ1) is 7.00. The van der Waals surface area contributed by atoms with Crippen LogP contribution in [0, 0.1) is 6.92 Å². The van der Waals surface area contributed by atoms with E-state index in [1.54, 1.807) is 13.2 Å². The Morgan fingerprint density at radius 1 is 1.47 bits per heavy atom. The summed E-state index contributed by atoms with van der Waals surface area (Å²) in [7, 11) is 1.75. The first kappa shape index (κ1) is 11.3. The predicted molar refractivity (Wildman–Crippen MR) is 65.7 cm³/mol. The van der Waals surface area contributed by atoms with Crippen molar-refractivity contribution < 1.29 is 0 Å². The molecule has 0 unspecified atom stereocenters. The fourth-order valence-electron chi connectivity index (χ4n) is 1.25. The Hall–Kier alpha value is -1.74. The number of hydrogen-bond donors (Lipinski definition) is 2. The van der Waals surface area contributed by atoms with Crippen molar-refractivity contribution in [3.63, 3.8) is 0 Å². The minimum atomic E-state index is 0.731. The van der Waals surface area contributed by atoms with E-state index in [1.807, 2.05) is 31.2 Å². The number of benzene rings is 1. The molecule has 3 nitrogen and oxygen atoms in total. The van der Waals surface area contributed by atoms with Gasteiger partial charge in [0.25, 0.3) is 0 Å². The fourth-order valence-corrected chi connectivity index (χ4v) is 1.25. The summed E-state index contributed by atoms with van der Waals surface area (Å²) in [6.07, 6.45) is 3.58. The molecule has 3 heteroatoms. The molecule has 0 aromatic heterocycles. The van der Waals surface area contributed by atoms with Crippen molar-refractivity contribution in [3.05, 3.63) is 48.2 Å². The van der Waals surface area contributed by atoms with Crippen LogP contribution in [0.2, 0.25) is 0 Å². The van der Waals surface area contributed by atoms with Gasteiger partial charge in [-0.05, 0) is 30.7 Å². The Labute approximate surface area is 90.7 Å². The number of nitrogens with two attached hydrogens (primary N) is 2. The van der Waals surface area contributed by atoms with Crippen molar-refractivity contribution in [3.8, 4) is 0 Å². The molecule has 80 valence electrons. The van der Waals surface area contributed by atoms with E-state index in [1.165, 1.54) is 5.01 Å². The second kappa shape index (κ2) is 4.66. The Morgan fingerprint density at radius 2 is 2.13 bits per heavy atom. The molecule has 0 saturated carbocycles. The Balaban J connectivity index is 2.96. The first-order valence-corrected chi connectivity index (χ1v) is 4.72. The maximum absolute atomic E-state index is 5.86. The Morgan fingerprint density at radius 3 is 2.73 bits per heavy atom. The molecule has 0 amide bonds. The van der Waals surface area contributed by atoms with Crippen molar-refractivity contribution in [2.24, 2.45) is 5.84 Å². The van der Waals surface area contributed by atoms with Crippen LogP contribution in [0.1, 0.15) is 11.1 Å². The fraction of sp³-hybridized carbons (Fsp3) is 0.167. The van der Waals surface area contributed by atoms with Crippen LogP contribution in [-0.4, -0.2) is 12.1 Å². The van der Waals surface area contributed by atoms with Crippen LogP contribution in [0.3, 0.4) is 0 Å². The zero-order chi connectivity index (χ0) is 11.4. The van der Waals surface area contributed by atoms with E-state index in [0.29, 0.717) is 0 Å². The number of nitrogen functional groups attached to an aromatic ring is 1. The van der Waals surface area contributed by atoms with Gasteiger partial charge in [-0.1, -0.05) is 18.2 Å². The van der Waals surface area contributed by atoms with Crippen molar-refractivity contribution in [1.29, 1.82) is 0 Å². The van der Waals surface area contributed by atoms with Gasteiger partial charge in [-0.25, -0.2) is 5.84 Å². The van der Waals surface area contributed by atoms with E-state index in [0.717, 1.165) is 22.4 Å². The molecule has 0 aliphatic carbocycles. The third kappa shape index (κ3) is 3.14. The second-order valence-electron chi connectivity index (χ2n) is 3.60. The SMILES string of the molecule is C=C(/C=C\N(C)N)c1cc(C)ccc1N. The lowest BCUT2D eigenvalue weighted by molar-refractivity contribution is 0.485. The minimum Gasteiger partial charge on any atom is -0.398 e. The van der Waals surface area contributed by atoms with Gasteiger partial charge < -0.3 is 10.7 Å². The highest BCUT2D eigenvalue weighted by atomic mass is 15.4. The van der Waals surface area contributed by atoms with Crippen LogP contribution in [0.25, 0.3) is 5.57 Å². The highest BCUT2D eigenvalue weighted by Gasteiger charge is 2.00. The molecule has 0 radical (unpaired) electrons. The number of anilines is 1. The number of aryl methyl sites for hydroxylation is 1. The monoisotopic (exact) mass is 203 g/mol. The molecule has 0 bridgehead atoms. The van der Waals surface area contributed by atoms with Gasteiger partial charge in [0.1, 0.15) is 0 Å². The first-order valence-electron chi connectivity index (χ1n) is 4.72. The van der Waals surface area contributed by atoms with E-state index < -0.39 is 0 Å². The topological polar surface area (TPSA) is 55.3 Å². The van der Waals surface area contributed by atoms with Crippen LogP contribution < -0.4 is 11.6 Å². The van der Waals surface area contributed by atoms with Crippen LogP contribution in [0.4, 0.5) is 5.69 Å². The molecule has 0 aliphatic heterocycles. The minimum absolute atomic E-state index is 0.731. The molecule has 0 aliphatic rings. The summed E-state index contributed by atoms with van der Waals surface area (Å²) >= 11 is 0. The van der Waals surface area contributed by atoms with E-state index in [2.05, 4.69) is 6.58 Å². The summed E-state index contributed by atoms with van der Waals surface area (Å²) in [4.78, 5) is 0. The molecule has 4 N–H and O–H groups in total. The lowest BCUT2D eigenvalue weighted by Gasteiger charge is -2.08. The Kier molecular flexibility index (Phi) is 3.52. The normalized spacial score (nSPS) is 10.6. The molecular formula is C12H17N3. The van der Waals surface area contributed by atoms with Crippen LogP contribution in [-0.2, 0) is 0 Å². The van der Waals surface area contributed by atoms with Gasteiger partial charge in [0.2, 0.25) is 0 Å². The summed E-state index contributed by atoms with van der Waals surface area (Å²) in [6, 6.07) is 5.87. The molecule has 1 aromatic carbocycles. The maximum atomic E-state index is 5.86. The lowest BCUT2D eigenvalue weighted by Crippen LogP contribution is -2.18.